The molecule has 0 bridgehead atoms. The third-order valence-electron chi connectivity index (χ3n) is 2.60. The van der Waals surface area contributed by atoms with Gasteiger partial charge in [-0.05, 0) is 25.0 Å². The number of carboxylic acids is 1. The molecule has 1 aromatic rings. The topological polar surface area (TPSA) is 79.3 Å². The molecule has 0 saturated carbocycles. The van der Waals surface area contributed by atoms with E-state index in [1.54, 1.807) is 12.1 Å². The highest BCUT2D eigenvalue weighted by molar-refractivity contribution is 5.93. The smallest absolute Gasteiger partial charge is 0.354 e. The minimum atomic E-state index is -1.11. The van der Waals surface area contributed by atoms with E-state index in [1.165, 1.54) is 6.07 Å². The first kappa shape index (κ1) is 11.3. The number of aromatic carboxylic acids is 1. The number of hydrogen-bond donors (Lipinski definition) is 2. The Labute approximate surface area is 98.2 Å². The van der Waals surface area contributed by atoms with E-state index in [9.17, 15) is 9.59 Å². The molecular formula is C12H12N2O3. The molecule has 0 saturated heterocycles. The van der Waals surface area contributed by atoms with Gasteiger partial charge in [-0.2, -0.15) is 0 Å². The van der Waals surface area contributed by atoms with Gasteiger partial charge < -0.3 is 10.4 Å². The molecule has 0 radical (unpaired) electrons. The normalized spacial score (nSPS) is 14.8. The lowest BCUT2D eigenvalue weighted by Gasteiger charge is -2.09. The van der Waals surface area contributed by atoms with Crippen LogP contribution in [0.2, 0.25) is 0 Å². The quantitative estimate of drug-likeness (QED) is 0.777. The van der Waals surface area contributed by atoms with Gasteiger partial charge in [0.05, 0.1) is 0 Å². The number of rotatable bonds is 3. The average Bonchev–Trinajstić information content (AvgIpc) is 2.82. The van der Waals surface area contributed by atoms with Gasteiger partial charge in [0.2, 0.25) is 5.91 Å². The van der Waals surface area contributed by atoms with Gasteiger partial charge in [-0.25, -0.2) is 9.78 Å². The van der Waals surface area contributed by atoms with Gasteiger partial charge in [-0.1, -0.05) is 18.2 Å². The molecule has 2 rings (SSSR count). The van der Waals surface area contributed by atoms with Gasteiger partial charge in [-0.3, -0.25) is 4.79 Å². The molecule has 1 aliphatic rings. The standard InChI is InChI=1S/C12H12N2O3/c15-11(8-4-1-2-5-8)14-10-7-3-6-9(13-10)12(16)17/h1-3,6-8H,4-5H2,(H,16,17)(H,13,14,15). The Balaban J connectivity index is 2.05. The second-order valence-corrected chi connectivity index (χ2v) is 3.84. The van der Waals surface area contributed by atoms with Crippen LogP contribution in [0.25, 0.3) is 0 Å². The number of amides is 1. The maximum absolute atomic E-state index is 11.8. The fourth-order valence-corrected chi connectivity index (χ4v) is 1.68. The van der Waals surface area contributed by atoms with E-state index in [1.807, 2.05) is 12.2 Å². The molecule has 0 fully saturated rings. The summed E-state index contributed by atoms with van der Waals surface area (Å²) in [5.41, 5.74) is -0.0765. The number of carbonyl (C=O) groups is 2. The first-order chi connectivity index (χ1) is 8.16. The van der Waals surface area contributed by atoms with Crippen molar-refractivity contribution in [1.29, 1.82) is 0 Å². The third-order valence-corrected chi connectivity index (χ3v) is 2.60. The molecule has 5 nitrogen and oxygen atoms in total. The Hall–Kier alpha value is -2.17. The molecule has 0 spiro atoms. The highest BCUT2D eigenvalue weighted by atomic mass is 16.4. The summed E-state index contributed by atoms with van der Waals surface area (Å²) in [6.07, 6.45) is 5.38. The number of carbonyl (C=O) groups excluding carboxylic acids is 1. The lowest BCUT2D eigenvalue weighted by atomic mass is 10.1. The largest absolute Gasteiger partial charge is 0.477 e. The van der Waals surface area contributed by atoms with Crippen LogP contribution in [0.15, 0.2) is 30.4 Å². The molecule has 1 aromatic heterocycles. The van der Waals surface area contributed by atoms with Crippen molar-refractivity contribution in [2.45, 2.75) is 12.8 Å². The molecule has 1 heterocycles. The first-order valence-corrected chi connectivity index (χ1v) is 5.33. The van der Waals surface area contributed by atoms with Crippen molar-refractivity contribution >= 4 is 17.7 Å². The summed E-state index contributed by atoms with van der Waals surface area (Å²) in [6.45, 7) is 0. The van der Waals surface area contributed by atoms with Crippen LogP contribution in [0.3, 0.4) is 0 Å². The summed E-state index contributed by atoms with van der Waals surface area (Å²) in [5, 5.41) is 11.4. The maximum atomic E-state index is 11.8. The van der Waals surface area contributed by atoms with Crippen molar-refractivity contribution in [1.82, 2.24) is 4.98 Å². The van der Waals surface area contributed by atoms with E-state index in [0.29, 0.717) is 0 Å². The molecule has 5 heteroatoms. The molecule has 88 valence electrons. The van der Waals surface area contributed by atoms with E-state index in [0.717, 1.165) is 12.8 Å². The Morgan fingerprint density at radius 3 is 2.65 bits per heavy atom. The molecule has 0 atom stereocenters. The summed E-state index contributed by atoms with van der Waals surface area (Å²) in [5.74, 6) is -1.01. The van der Waals surface area contributed by atoms with Crippen molar-refractivity contribution in [3.63, 3.8) is 0 Å². The zero-order chi connectivity index (χ0) is 12.3. The lowest BCUT2D eigenvalue weighted by molar-refractivity contribution is -0.119. The van der Waals surface area contributed by atoms with Crippen LogP contribution >= 0.6 is 0 Å². The number of carboxylic acid groups (broad SMARTS) is 1. The molecule has 2 N–H and O–H groups in total. The molecule has 0 aliphatic heterocycles. The SMILES string of the molecule is O=C(O)c1cccc(NC(=O)C2CC=CC2)n1. The van der Waals surface area contributed by atoms with Crippen LogP contribution in [0.5, 0.6) is 0 Å². The van der Waals surface area contributed by atoms with Crippen LogP contribution < -0.4 is 5.32 Å². The summed E-state index contributed by atoms with van der Waals surface area (Å²) in [6, 6.07) is 4.51. The molecular weight excluding hydrogens is 220 g/mol. The molecule has 1 aliphatic carbocycles. The fraction of sp³-hybridized carbons (Fsp3) is 0.250. The average molecular weight is 232 g/mol. The molecule has 17 heavy (non-hydrogen) atoms. The second kappa shape index (κ2) is 4.78. The Kier molecular flexibility index (Phi) is 3.18. The van der Waals surface area contributed by atoms with Crippen molar-refractivity contribution < 1.29 is 14.7 Å². The van der Waals surface area contributed by atoms with Gasteiger partial charge in [0.25, 0.3) is 0 Å². The zero-order valence-electron chi connectivity index (χ0n) is 9.09. The van der Waals surface area contributed by atoms with E-state index in [-0.39, 0.29) is 23.3 Å². The third kappa shape index (κ3) is 2.69. The fourth-order valence-electron chi connectivity index (χ4n) is 1.68. The molecule has 0 unspecified atom stereocenters. The van der Waals surface area contributed by atoms with Crippen LogP contribution in [0.4, 0.5) is 5.82 Å². The summed E-state index contributed by atoms with van der Waals surface area (Å²) < 4.78 is 0. The lowest BCUT2D eigenvalue weighted by Crippen LogP contribution is -2.21. The van der Waals surface area contributed by atoms with E-state index in [2.05, 4.69) is 10.3 Å². The van der Waals surface area contributed by atoms with E-state index in [4.69, 9.17) is 5.11 Å². The predicted octanol–water partition coefficient (Wildman–Crippen LogP) is 1.68. The number of nitrogens with zero attached hydrogens (tertiary/aromatic N) is 1. The van der Waals surface area contributed by atoms with Gasteiger partial charge >= 0.3 is 5.97 Å². The predicted molar refractivity (Wildman–Crippen MR) is 61.7 cm³/mol. The van der Waals surface area contributed by atoms with Gasteiger partial charge in [0.1, 0.15) is 5.82 Å². The van der Waals surface area contributed by atoms with Crippen LogP contribution in [0, 0.1) is 5.92 Å². The van der Waals surface area contributed by atoms with E-state index < -0.39 is 5.97 Å². The first-order valence-electron chi connectivity index (χ1n) is 5.33. The maximum Gasteiger partial charge on any atom is 0.354 e. The number of anilines is 1. The number of pyridine rings is 1. The molecule has 1 amide bonds. The summed E-state index contributed by atoms with van der Waals surface area (Å²) >= 11 is 0. The highest BCUT2D eigenvalue weighted by Crippen LogP contribution is 2.19. The monoisotopic (exact) mass is 232 g/mol. The number of hydrogen-bond acceptors (Lipinski definition) is 3. The van der Waals surface area contributed by atoms with Crippen molar-refractivity contribution in [2.75, 3.05) is 5.32 Å². The van der Waals surface area contributed by atoms with Gasteiger partial charge in [0.15, 0.2) is 5.69 Å². The van der Waals surface area contributed by atoms with Crippen LogP contribution in [-0.4, -0.2) is 22.0 Å². The number of aromatic nitrogens is 1. The van der Waals surface area contributed by atoms with E-state index >= 15 is 0 Å². The number of allylic oxidation sites excluding steroid dienone is 2. The number of nitrogens with one attached hydrogen (secondary N) is 1. The summed E-state index contributed by atoms with van der Waals surface area (Å²) in [4.78, 5) is 26.3. The van der Waals surface area contributed by atoms with Crippen LogP contribution in [0.1, 0.15) is 23.3 Å². The van der Waals surface area contributed by atoms with Crippen molar-refractivity contribution in [3.05, 3.63) is 36.0 Å². The highest BCUT2D eigenvalue weighted by Gasteiger charge is 2.19. The minimum absolute atomic E-state index is 0.0646. The van der Waals surface area contributed by atoms with Crippen LogP contribution in [-0.2, 0) is 4.79 Å². The Bertz CT molecular complexity index is 474. The van der Waals surface area contributed by atoms with Gasteiger partial charge in [-0.15, -0.1) is 0 Å². The Morgan fingerprint density at radius 1 is 1.29 bits per heavy atom. The Morgan fingerprint density at radius 2 is 2.00 bits per heavy atom. The van der Waals surface area contributed by atoms with Crippen molar-refractivity contribution in [2.24, 2.45) is 5.92 Å². The molecule has 0 aromatic carbocycles. The zero-order valence-corrected chi connectivity index (χ0v) is 9.09. The van der Waals surface area contributed by atoms with Crippen molar-refractivity contribution in [3.8, 4) is 0 Å². The van der Waals surface area contributed by atoms with Gasteiger partial charge in [0, 0.05) is 5.92 Å². The second-order valence-electron chi connectivity index (χ2n) is 3.84. The minimum Gasteiger partial charge on any atom is -0.477 e. The summed E-state index contributed by atoms with van der Waals surface area (Å²) in [7, 11) is 0.